The highest BCUT2D eigenvalue weighted by Gasteiger charge is 2.24. The molecule has 1 rings (SSSR count). The summed E-state index contributed by atoms with van der Waals surface area (Å²) < 4.78 is 12.9. The van der Waals surface area contributed by atoms with Gasteiger partial charge in [-0.05, 0) is 52.1 Å². The average molecular weight is 343 g/mol. The predicted molar refractivity (Wildman–Crippen MR) is 102 cm³/mol. The van der Waals surface area contributed by atoms with Crippen LogP contribution in [0.4, 0.5) is 0 Å². The molecule has 2 nitrogen and oxygen atoms in total. The van der Waals surface area contributed by atoms with Crippen molar-refractivity contribution in [1.29, 1.82) is 0 Å². The molecule has 1 aliphatic carbocycles. The van der Waals surface area contributed by atoms with Gasteiger partial charge in [-0.1, -0.05) is 38.5 Å². The number of allylic oxidation sites excluding steroid dienone is 2. The van der Waals surface area contributed by atoms with Crippen LogP contribution < -0.4 is 0 Å². The Kier molecular flexibility index (Phi) is 8.25. The molecule has 130 valence electrons. The van der Waals surface area contributed by atoms with Gasteiger partial charge in [-0.15, -0.1) is 0 Å². The van der Waals surface area contributed by atoms with E-state index in [0.29, 0.717) is 0 Å². The molecular weight excluding hydrogens is 304 g/mol. The Balaban J connectivity index is 2.92. The van der Waals surface area contributed by atoms with Crippen LogP contribution in [-0.2, 0) is 8.85 Å². The second-order valence-electron chi connectivity index (χ2n) is 8.60. The van der Waals surface area contributed by atoms with Gasteiger partial charge in [0.25, 0.3) is 0 Å². The summed E-state index contributed by atoms with van der Waals surface area (Å²) in [5.74, 6) is 2.39. The van der Waals surface area contributed by atoms with Crippen molar-refractivity contribution in [3.8, 4) is 0 Å². The van der Waals surface area contributed by atoms with Crippen LogP contribution in [0.25, 0.3) is 0 Å². The van der Waals surface area contributed by atoms with Crippen LogP contribution in [0.5, 0.6) is 0 Å². The zero-order valence-corrected chi connectivity index (χ0v) is 17.9. The van der Waals surface area contributed by atoms with Crippen LogP contribution >= 0.6 is 0 Å². The first kappa shape index (κ1) is 19.8. The molecule has 0 aliphatic heterocycles. The van der Waals surface area contributed by atoms with Crippen LogP contribution in [0.15, 0.2) is 11.5 Å². The molecular formula is C18H38O2Si2. The van der Waals surface area contributed by atoms with Crippen LogP contribution in [0.3, 0.4) is 0 Å². The van der Waals surface area contributed by atoms with Crippen molar-refractivity contribution < 1.29 is 8.85 Å². The quantitative estimate of drug-likeness (QED) is 0.522. The first-order valence-corrected chi connectivity index (χ1v) is 16.1. The van der Waals surface area contributed by atoms with Crippen molar-refractivity contribution in [2.45, 2.75) is 103 Å². The number of hydrogen-bond donors (Lipinski definition) is 0. The van der Waals surface area contributed by atoms with Gasteiger partial charge in [-0.2, -0.15) is 0 Å². The molecule has 4 heteroatoms. The summed E-state index contributed by atoms with van der Waals surface area (Å²) in [5.41, 5.74) is 0. The van der Waals surface area contributed by atoms with E-state index in [2.05, 4.69) is 39.3 Å². The van der Waals surface area contributed by atoms with E-state index in [1.54, 1.807) is 0 Å². The molecule has 0 N–H and O–H groups in total. The van der Waals surface area contributed by atoms with E-state index in [1.165, 1.54) is 62.9 Å². The van der Waals surface area contributed by atoms with Gasteiger partial charge in [0.1, 0.15) is 11.5 Å². The minimum absolute atomic E-state index is 1.07. The van der Waals surface area contributed by atoms with Gasteiger partial charge >= 0.3 is 0 Å². The highest BCUT2D eigenvalue weighted by Crippen LogP contribution is 2.28. The Bertz CT molecular complexity index is 317. The Morgan fingerprint density at radius 1 is 0.500 bits per heavy atom. The molecule has 0 aromatic carbocycles. The standard InChI is InChI=1S/C18H38O2Si2/c1-21(2,3)19-17-15-13-11-9-7-8-10-12-14-16-18(17)20-22(4,5)6/h7-16H2,1-6H3. The SMILES string of the molecule is C[Si](C)(C)OC1=C(O[Si](C)(C)C)CCCCCCCCCC1. The highest BCUT2D eigenvalue weighted by molar-refractivity contribution is 6.70. The molecule has 0 fully saturated rings. The van der Waals surface area contributed by atoms with Gasteiger partial charge in [0, 0.05) is 12.8 Å². The lowest BCUT2D eigenvalue weighted by molar-refractivity contribution is 0.306. The fourth-order valence-corrected chi connectivity index (χ4v) is 4.78. The molecule has 0 spiro atoms. The van der Waals surface area contributed by atoms with Gasteiger partial charge in [-0.3, -0.25) is 0 Å². The van der Waals surface area contributed by atoms with E-state index >= 15 is 0 Å². The molecule has 0 amide bonds. The van der Waals surface area contributed by atoms with Crippen LogP contribution in [0.2, 0.25) is 39.3 Å². The van der Waals surface area contributed by atoms with Gasteiger partial charge in [-0.25, -0.2) is 0 Å². The summed E-state index contributed by atoms with van der Waals surface area (Å²) in [6.45, 7) is 13.7. The second kappa shape index (κ2) is 9.16. The zero-order chi connectivity index (χ0) is 16.6. The van der Waals surface area contributed by atoms with Gasteiger partial charge in [0.2, 0.25) is 16.6 Å². The van der Waals surface area contributed by atoms with Crippen molar-refractivity contribution in [1.82, 2.24) is 0 Å². The smallest absolute Gasteiger partial charge is 0.241 e. The molecule has 0 saturated carbocycles. The van der Waals surface area contributed by atoms with E-state index in [-0.39, 0.29) is 0 Å². The molecule has 22 heavy (non-hydrogen) atoms. The molecule has 0 heterocycles. The zero-order valence-electron chi connectivity index (χ0n) is 15.9. The highest BCUT2D eigenvalue weighted by atomic mass is 28.4. The van der Waals surface area contributed by atoms with E-state index in [4.69, 9.17) is 8.85 Å². The Hall–Kier alpha value is -0.226. The molecule has 0 aromatic rings. The predicted octanol–water partition coefficient (Wildman–Crippen LogP) is 6.82. The number of hydrogen-bond acceptors (Lipinski definition) is 2. The van der Waals surface area contributed by atoms with Crippen LogP contribution in [0, 0.1) is 0 Å². The van der Waals surface area contributed by atoms with E-state index < -0.39 is 16.6 Å². The molecule has 1 aliphatic rings. The van der Waals surface area contributed by atoms with E-state index in [0.717, 1.165) is 12.8 Å². The molecule has 0 aromatic heterocycles. The summed E-state index contributed by atoms with van der Waals surface area (Å²) in [5, 5.41) is 0. The topological polar surface area (TPSA) is 18.5 Å². The summed E-state index contributed by atoms with van der Waals surface area (Å²) in [6, 6.07) is 0. The molecule has 0 radical (unpaired) electrons. The first-order chi connectivity index (χ1) is 10.2. The van der Waals surface area contributed by atoms with Crippen molar-refractivity contribution in [3.05, 3.63) is 11.5 Å². The van der Waals surface area contributed by atoms with E-state index in [9.17, 15) is 0 Å². The van der Waals surface area contributed by atoms with Crippen molar-refractivity contribution in [2.75, 3.05) is 0 Å². The van der Waals surface area contributed by atoms with Crippen LogP contribution in [-0.4, -0.2) is 16.6 Å². The van der Waals surface area contributed by atoms with Crippen molar-refractivity contribution in [3.63, 3.8) is 0 Å². The monoisotopic (exact) mass is 342 g/mol. The summed E-state index contributed by atoms with van der Waals surface area (Å²) in [7, 11) is -3.15. The van der Waals surface area contributed by atoms with E-state index in [1.807, 2.05) is 0 Å². The maximum absolute atomic E-state index is 6.46. The van der Waals surface area contributed by atoms with Gasteiger partial charge < -0.3 is 8.85 Å². The molecule has 0 saturated heterocycles. The Morgan fingerprint density at radius 2 is 0.773 bits per heavy atom. The third kappa shape index (κ3) is 9.72. The van der Waals surface area contributed by atoms with Crippen molar-refractivity contribution >= 4 is 16.6 Å². The third-order valence-electron chi connectivity index (χ3n) is 3.73. The van der Waals surface area contributed by atoms with Gasteiger partial charge in [0.05, 0.1) is 0 Å². The lowest BCUT2D eigenvalue weighted by atomic mass is 10.0. The van der Waals surface area contributed by atoms with Crippen LogP contribution in [0.1, 0.15) is 64.2 Å². The van der Waals surface area contributed by atoms with Gasteiger partial charge in [0.15, 0.2) is 0 Å². The minimum Gasteiger partial charge on any atom is -0.545 e. The third-order valence-corrected chi connectivity index (χ3v) is 5.44. The second-order valence-corrected chi connectivity index (χ2v) is 17.5. The normalized spacial score (nSPS) is 20.1. The first-order valence-electron chi connectivity index (χ1n) is 9.27. The Labute approximate surface area is 140 Å². The lowest BCUT2D eigenvalue weighted by Crippen LogP contribution is -2.29. The summed E-state index contributed by atoms with van der Waals surface area (Å²) >= 11 is 0. The molecule has 0 atom stereocenters. The molecule has 0 unspecified atom stereocenters. The summed E-state index contributed by atoms with van der Waals surface area (Å²) in [4.78, 5) is 0. The minimum atomic E-state index is -1.57. The maximum Gasteiger partial charge on any atom is 0.241 e. The molecule has 0 bridgehead atoms. The largest absolute Gasteiger partial charge is 0.545 e. The Morgan fingerprint density at radius 3 is 1.05 bits per heavy atom. The average Bonchev–Trinajstić information content (AvgIpc) is 2.33. The number of rotatable bonds is 4. The fourth-order valence-electron chi connectivity index (χ4n) is 2.87. The fraction of sp³-hybridized carbons (Fsp3) is 0.889. The summed E-state index contributed by atoms with van der Waals surface area (Å²) in [6.07, 6.45) is 12.9. The lowest BCUT2D eigenvalue weighted by Gasteiger charge is -2.29. The van der Waals surface area contributed by atoms with Crippen molar-refractivity contribution in [2.24, 2.45) is 0 Å². The maximum atomic E-state index is 6.46.